The number of likely N-dealkylation sites (N-methyl/N-ethyl adjacent to an activating group) is 1. The highest BCUT2D eigenvalue weighted by molar-refractivity contribution is 5.87. The fourth-order valence-electron chi connectivity index (χ4n) is 3.74. The van der Waals surface area contributed by atoms with Crippen molar-refractivity contribution in [3.63, 3.8) is 0 Å². The first-order valence-corrected chi connectivity index (χ1v) is 7.99. The van der Waals surface area contributed by atoms with E-state index in [9.17, 15) is 4.79 Å². The quantitative estimate of drug-likeness (QED) is 0.722. The van der Waals surface area contributed by atoms with Gasteiger partial charge in [0.25, 0.3) is 0 Å². The highest BCUT2D eigenvalue weighted by atomic mass is 16.2. The van der Waals surface area contributed by atoms with Crippen LogP contribution in [0, 0.1) is 5.92 Å². The van der Waals surface area contributed by atoms with Gasteiger partial charge in [-0.05, 0) is 38.6 Å². The van der Waals surface area contributed by atoms with Gasteiger partial charge in [0, 0.05) is 39.3 Å². The van der Waals surface area contributed by atoms with Crippen molar-refractivity contribution in [1.29, 1.82) is 0 Å². The molecule has 4 nitrogen and oxygen atoms in total. The highest BCUT2D eigenvalue weighted by Gasteiger charge is 2.49. The zero-order chi connectivity index (χ0) is 14.2. The van der Waals surface area contributed by atoms with Crippen molar-refractivity contribution in [2.24, 2.45) is 5.92 Å². The number of hydrogen-bond acceptors (Lipinski definition) is 3. The Morgan fingerprint density at radius 2 is 1.95 bits per heavy atom. The molecule has 4 heteroatoms. The minimum Gasteiger partial charge on any atom is -0.336 e. The van der Waals surface area contributed by atoms with Crippen LogP contribution >= 0.6 is 0 Å². The van der Waals surface area contributed by atoms with E-state index in [1.54, 1.807) is 0 Å². The summed E-state index contributed by atoms with van der Waals surface area (Å²) in [4.78, 5) is 19.7. The Hall–Kier alpha value is -0.870. The van der Waals surface area contributed by atoms with Crippen LogP contribution in [0.25, 0.3) is 0 Å². The Kier molecular flexibility index (Phi) is 3.87. The predicted octanol–water partition coefficient (Wildman–Crippen LogP) is 1.19. The van der Waals surface area contributed by atoms with E-state index in [0.717, 1.165) is 44.9 Å². The number of amides is 1. The number of piperidine rings is 1. The first kappa shape index (κ1) is 14.1. The molecular weight excluding hydrogens is 250 g/mol. The predicted molar refractivity (Wildman–Crippen MR) is 80.5 cm³/mol. The summed E-state index contributed by atoms with van der Waals surface area (Å²) in [6.45, 7) is 9.71. The Bertz CT molecular complexity index is 383. The van der Waals surface area contributed by atoms with Gasteiger partial charge in [-0.1, -0.05) is 6.08 Å². The summed E-state index contributed by atoms with van der Waals surface area (Å²) in [5, 5.41) is 0. The lowest BCUT2D eigenvalue weighted by atomic mass is 9.82. The molecule has 0 atom stereocenters. The van der Waals surface area contributed by atoms with Gasteiger partial charge >= 0.3 is 0 Å². The number of hydrogen-bond donors (Lipinski definition) is 0. The molecule has 3 aliphatic rings. The first-order chi connectivity index (χ1) is 9.65. The van der Waals surface area contributed by atoms with Gasteiger partial charge in [-0.15, -0.1) is 6.58 Å². The van der Waals surface area contributed by atoms with E-state index >= 15 is 0 Å². The molecule has 1 aliphatic carbocycles. The largest absolute Gasteiger partial charge is 0.336 e. The molecule has 2 saturated heterocycles. The molecule has 3 fully saturated rings. The number of nitrogens with zero attached hydrogens (tertiary/aromatic N) is 3. The summed E-state index contributed by atoms with van der Waals surface area (Å²) in [5.41, 5.74) is -0.235. The van der Waals surface area contributed by atoms with Crippen LogP contribution in [0.15, 0.2) is 12.7 Å². The summed E-state index contributed by atoms with van der Waals surface area (Å²) in [6.07, 6.45) is 6.64. The van der Waals surface area contributed by atoms with Crippen LogP contribution < -0.4 is 0 Å². The molecular formula is C16H27N3O. The molecule has 2 heterocycles. The topological polar surface area (TPSA) is 26.8 Å². The molecule has 3 rings (SSSR count). The molecule has 2 aliphatic heterocycles. The number of carbonyl (C=O) groups excluding carboxylic acids is 1. The monoisotopic (exact) mass is 277 g/mol. The van der Waals surface area contributed by atoms with Gasteiger partial charge in [0.15, 0.2) is 0 Å². The second-order valence-electron chi connectivity index (χ2n) is 6.74. The summed E-state index contributed by atoms with van der Waals surface area (Å²) in [5.74, 6) is 1.28. The molecule has 1 saturated carbocycles. The highest BCUT2D eigenvalue weighted by Crippen LogP contribution is 2.35. The number of carbonyl (C=O) groups is 1. The molecule has 0 aromatic heterocycles. The maximum absolute atomic E-state index is 12.9. The van der Waals surface area contributed by atoms with Gasteiger partial charge in [0.05, 0.1) is 0 Å². The van der Waals surface area contributed by atoms with E-state index < -0.39 is 0 Å². The summed E-state index contributed by atoms with van der Waals surface area (Å²) >= 11 is 0. The van der Waals surface area contributed by atoms with E-state index in [1.807, 2.05) is 11.0 Å². The zero-order valence-electron chi connectivity index (χ0n) is 12.7. The number of rotatable bonds is 4. The van der Waals surface area contributed by atoms with E-state index in [4.69, 9.17) is 0 Å². The maximum Gasteiger partial charge on any atom is 0.243 e. The molecule has 0 bridgehead atoms. The standard InChI is InChI=1S/C16H27N3O/c1-3-8-19-12-11-17(2)16(15(19)20)6-9-18(10-7-16)13-14-4-5-14/h3,14H,1,4-13H2,2H3. The van der Waals surface area contributed by atoms with Gasteiger partial charge in [-0.2, -0.15) is 0 Å². The molecule has 0 radical (unpaired) electrons. The zero-order valence-corrected chi connectivity index (χ0v) is 12.7. The van der Waals surface area contributed by atoms with Crippen molar-refractivity contribution in [2.45, 2.75) is 31.2 Å². The van der Waals surface area contributed by atoms with Gasteiger partial charge in [0.1, 0.15) is 5.54 Å². The third kappa shape index (κ3) is 2.51. The molecule has 0 aromatic carbocycles. The fourth-order valence-corrected chi connectivity index (χ4v) is 3.74. The molecule has 1 spiro atoms. The molecule has 0 aromatic rings. The maximum atomic E-state index is 12.9. The van der Waals surface area contributed by atoms with Crippen LogP contribution in [-0.4, -0.2) is 72.5 Å². The Balaban J connectivity index is 1.66. The average Bonchev–Trinajstić information content (AvgIpc) is 3.26. The summed E-state index contributed by atoms with van der Waals surface area (Å²) in [7, 11) is 2.12. The van der Waals surface area contributed by atoms with Gasteiger partial charge in [-0.3, -0.25) is 9.69 Å². The SMILES string of the molecule is C=CCN1CCN(C)C2(CCN(CC3CC3)CC2)C1=O. The lowest BCUT2D eigenvalue weighted by molar-refractivity contribution is -0.153. The normalized spacial score (nSPS) is 28.1. The third-order valence-corrected chi connectivity index (χ3v) is 5.37. The van der Waals surface area contributed by atoms with Crippen LogP contribution in [0.3, 0.4) is 0 Å². The summed E-state index contributed by atoms with van der Waals surface area (Å²) < 4.78 is 0. The lowest BCUT2D eigenvalue weighted by Gasteiger charge is -2.51. The molecule has 112 valence electrons. The lowest BCUT2D eigenvalue weighted by Crippen LogP contribution is -2.67. The second kappa shape index (κ2) is 5.49. The molecule has 0 N–H and O–H groups in total. The van der Waals surface area contributed by atoms with Crippen molar-refractivity contribution < 1.29 is 4.79 Å². The Labute approximate surface area is 122 Å². The van der Waals surface area contributed by atoms with Crippen LogP contribution in [0.5, 0.6) is 0 Å². The third-order valence-electron chi connectivity index (χ3n) is 5.37. The Morgan fingerprint density at radius 3 is 2.55 bits per heavy atom. The molecule has 20 heavy (non-hydrogen) atoms. The van der Waals surface area contributed by atoms with Crippen molar-refractivity contribution in [2.75, 3.05) is 46.3 Å². The van der Waals surface area contributed by atoms with Crippen molar-refractivity contribution in [1.82, 2.24) is 14.7 Å². The average molecular weight is 277 g/mol. The van der Waals surface area contributed by atoms with E-state index in [0.29, 0.717) is 12.5 Å². The van der Waals surface area contributed by atoms with Crippen LogP contribution in [-0.2, 0) is 4.79 Å². The van der Waals surface area contributed by atoms with Gasteiger partial charge < -0.3 is 9.80 Å². The van der Waals surface area contributed by atoms with Crippen molar-refractivity contribution >= 4 is 5.91 Å². The second-order valence-corrected chi connectivity index (χ2v) is 6.74. The van der Waals surface area contributed by atoms with E-state index in [1.165, 1.54) is 19.4 Å². The van der Waals surface area contributed by atoms with Crippen LogP contribution in [0.1, 0.15) is 25.7 Å². The van der Waals surface area contributed by atoms with Crippen LogP contribution in [0.4, 0.5) is 0 Å². The smallest absolute Gasteiger partial charge is 0.243 e. The van der Waals surface area contributed by atoms with Crippen LogP contribution in [0.2, 0.25) is 0 Å². The van der Waals surface area contributed by atoms with Gasteiger partial charge in [0.2, 0.25) is 5.91 Å². The number of piperazine rings is 1. The van der Waals surface area contributed by atoms with E-state index in [2.05, 4.69) is 23.4 Å². The minimum absolute atomic E-state index is 0.235. The number of likely N-dealkylation sites (tertiary alicyclic amines) is 1. The van der Waals surface area contributed by atoms with Crippen molar-refractivity contribution in [3.8, 4) is 0 Å². The van der Waals surface area contributed by atoms with E-state index in [-0.39, 0.29) is 5.54 Å². The molecule has 1 amide bonds. The fraction of sp³-hybridized carbons (Fsp3) is 0.812. The Morgan fingerprint density at radius 1 is 1.25 bits per heavy atom. The first-order valence-electron chi connectivity index (χ1n) is 7.99. The summed E-state index contributed by atoms with van der Waals surface area (Å²) in [6, 6.07) is 0. The van der Waals surface area contributed by atoms with Gasteiger partial charge in [-0.25, -0.2) is 0 Å². The minimum atomic E-state index is -0.235. The van der Waals surface area contributed by atoms with Crippen molar-refractivity contribution in [3.05, 3.63) is 12.7 Å². The molecule has 0 unspecified atom stereocenters.